The van der Waals surface area contributed by atoms with Crippen molar-refractivity contribution in [3.8, 4) is 0 Å². The van der Waals surface area contributed by atoms with E-state index >= 15 is 0 Å². The van der Waals surface area contributed by atoms with E-state index in [2.05, 4.69) is 84.8 Å². The van der Waals surface area contributed by atoms with Crippen LogP contribution in [0.2, 0.25) is 0 Å². The highest BCUT2D eigenvalue weighted by atomic mass is 15.0. The zero-order valence-electron chi connectivity index (χ0n) is 21.1. The molecule has 0 saturated heterocycles. The van der Waals surface area contributed by atoms with Crippen molar-refractivity contribution in [3.63, 3.8) is 0 Å². The van der Waals surface area contributed by atoms with E-state index in [1.165, 1.54) is 22.3 Å². The fourth-order valence-electron chi connectivity index (χ4n) is 5.96. The minimum Gasteiger partial charge on any atom is -0.402 e. The van der Waals surface area contributed by atoms with Crippen LogP contribution in [0.25, 0.3) is 27.1 Å². The summed E-state index contributed by atoms with van der Waals surface area (Å²) < 4.78 is 0. The Bertz CT molecular complexity index is 1640. The molecule has 1 atom stereocenters. The number of anilines is 3. The Morgan fingerprint density at radius 3 is 2.46 bits per heavy atom. The molecular weight excluding hydrogens is 452 g/mol. The summed E-state index contributed by atoms with van der Waals surface area (Å²) in [6.45, 7) is 6.79. The van der Waals surface area contributed by atoms with E-state index in [0.29, 0.717) is 0 Å². The van der Waals surface area contributed by atoms with Gasteiger partial charge in [-0.3, -0.25) is 0 Å². The third-order valence-corrected chi connectivity index (χ3v) is 7.81. The minimum atomic E-state index is -0.375. The Kier molecular flexibility index (Phi) is 5.62. The lowest BCUT2D eigenvalue weighted by atomic mass is 9.85. The Morgan fingerprint density at radius 2 is 1.68 bits per heavy atom. The number of nitrogens with one attached hydrogen (secondary N) is 2. The van der Waals surface area contributed by atoms with Gasteiger partial charge < -0.3 is 22.1 Å². The summed E-state index contributed by atoms with van der Waals surface area (Å²) in [5.41, 5.74) is 21.9. The van der Waals surface area contributed by atoms with Crippen LogP contribution < -0.4 is 22.1 Å². The molecule has 4 nitrogen and oxygen atoms in total. The average Bonchev–Trinajstić information content (AvgIpc) is 3.16. The third kappa shape index (κ3) is 3.73. The number of nitrogen functional groups attached to an aromatic ring is 1. The Hall–Kier alpha value is -4.28. The zero-order valence-corrected chi connectivity index (χ0v) is 21.1. The fourth-order valence-corrected chi connectivity index (χ4v) is 5.96. The van der Waals surface area contributed by atoms with Crippen LogP contribution in [0.4, 0.5) is 17.1 Å². The smallest absolute Gasteiger partial charge is 0.0674 e. The molecule has 0 aromatic heterocycles. The summed E-state index contributed by atoms with van der Waals surface area (Å²) in [5, 5.41) is 11.9. The number of nitrogens with two attached hydrogens (primary N) is 2. The first-order chi connectivity index (χ1) is 18.0. The van der Waals surface area contributed by atoms with Gasteiger partial charge in [-0.15, -0.1) is 0 Å². The largest absolute Gasteiger partial charge is 0.402 e. The van der Waals surface area contributed by atoms with Crippen LogP contribution in [0.1, 0.15) is 30.9 Å². The molecule has 2 aliphatic rings. The van der Waals surface area contributed by atoms with Gasteiger partial charge in [0.1, 0.15) is 0 Å². The van der Waals surface area contributed by atoms with Gasteiger partial charge in [0.2, 0.25) is 0 Å². The highest BCUT2D eigenvalue weighted by Gasteiger charge is 2.41. The first-order valence-corrected chi connectivity index (χ1v) is 12.8. The predicted octanol–water partition coefficient (Wildman–Crippen LogP) is 7.27. The highest BCUT2D eigenvalue weighted by Crippen LogP contribution is 2.52. The summed E-state index contributed by atoms with van der Waals surface area (Å²) in [6, 6.07) is 23.3. The molecule has 1 unspecified atom stereocenters. The molecule has 6 N–H and O–H groups in total. The second-order valence-corrected chi connectivity index (χ2v) is 10.0. The number of allylic oxidation sites excluding steroid dienone is 4. The van der Waals surface area contributed by atoms with E-state index in [1.807, 2.05) is 24.3 Å². The molecule has 0 radical (unpaired) electrons. The molecule has 0 aliphatic heterocycles. The zero-order chi connectivity index (χ0) is 25.6. The molecule has 4 aromatic rings. The first kappa shape index (κ1) is 23.1. The van der Waals surface area contributed by atoms with Crippen LogP contribution in [-0.4, -0.2) is 6.54 Å². The van der Waals surface area contributed by atoms with Crippen molar-refractivity contribution in [3.05, 3.63) is 120 Å². The van der Waals surface area contributed by atoms with Crippen LogP contribution in [0, 0.1) is 0 Å². The molecule has 0 saturated carbocycles. The molecule has 0 bridgehead atoms. The molecule has 6 rings (SSSR count). The lowest BCUT2D eigenvalue weighted by Gasteiger charge is -2.31. The van der Waals surface area contributed by atoms with Gasteiger partial charge in [-0.2, -0.15) is 0 Å². The third-order valence-electron chi connectivity index (χ3n) is 7.81. The Labute approximate surface area is 218 Å². The van der Waals surface area contributed by atoms with E-state index in [0.717, 1.165) is 63.7 Å². The maximum Gasteiger partial charge on any atom is 0.0674 e. The van der Waals surface area contributed by atoms with E-state index < -0.39 is 0 Å². The quantitative estimate of drug-likeness (QED) is 0.100. The van der Waals surface area contributed by atoms with Gasteiger partial charge in [0.25, 0.3) is 0 Å². The van der Waals surface area contributed by atoms with Crippen LogP contribution in [-0.2, 0) is 5.54 Å². The van der Waals surface area contributed by atoms with Crippen molar-refractivity contribution in [2.75, 3.05) is 17.6 Å². The average molecular weight is 485 g/mol. The fraction of sp³-hybridized carbons (Fsp3) is 0.152. The number of para-hydroxylation sites is 1. The topological polar surface area (TPSA) is 76.1 Å². The summed E-state index contributed by atoms with van der Waals surface area (Å²) >= 11 is 0. The lowest BCUT2D eigenvalue weighted by Crippen LogP contribution is -2.40. The van der Waals surface area contributed by atoms with Crippen LogP contribution in [0.15, 0.2) is 109 Å². The highest BCUT2D eigenvalue weighted by molar-refractivity contribution is 6.20. The van der Waals surface area contributed by atoms with Crippen molar-refractivity contribution < 1.29 is 0 Å². The van der Waals surface area contributed by atoms with Gasteiger partial charge in [0.05, 0.1) is 11.2 Å². The maximum absolute atomic E-state index is 6.87. The van der Waals surface area contributed by atoms with Crippen molar-refractivity contribution in [1.29, 1.82) is 0 Å². The van der Waals surface area contributed by atoms with Gasteiger partial charge in [-0.25, -0.2) is 0 Å². The van der Waals surface area contributed by atoms with E-state index in [-0.39, 0.29) is 5.54 Å². The van der Waals surface area contributed by atoms with Gasteiger partial charge in [0, 0.05) is 45.2 Å². The molecule has 184 valence electrons. The maximum atomic E-state index is 6.87. The predicted molar refractivity (Wildman–Crippen MR) is 159 cm³/mol. The summed E-state index contributed by atoms with van der Waals surface area (Å²) in [5.74, 6) is 0. The van der Waals surface area contributed by atoms with Crippen LogP contribution >= 0.6 is 0 Å². The number of hydrogen-bond donors (Lipinski definition) is 4. The van der Waals surface area contributed by atoms with Crippen molar-refractivity contribution in [2.24, 2.45) is 5.73 Å². The number of benzene rings is 4. The van der Waals surface area contributed by atoms with Gasteiger partial charge >= 0.3 is 0 Å². The Balaban J connectivity index is 1.63. The van der Waals surface area contributed by atoms with E-state index in [4.69, 9.17) is 11.5 Å². The van der Waals surface area contributed by atoms with Crippen molar-refractivity contribution in [2.45, 2.75) is 25.3 Å². The molecule has 0 heterocycles. The summed E-state index contributed by atoms with van der Waals surface area (Å²) in [7, 11) is 0. The van der Waals surface area contributed by atoms with Gasteiger partial charge in [-0.1, -0.05) is 67.3 Å². The minimum absolute atomic E-state index is 0.375. The second kappa shape index (κ2) is 8.99. The van der Waals surface area contributed by atoms with E-state index in [1.54, 1.807) is 6.08 Å². The molecular formula is C33H32N4. The SMILES string of the molecule is C=C/C=C\CNC1(C)C2=C(CCC(N)=C2)c2cc3c(N)c4ccccc4c(Nc4ccccc4)c3cc21. The molecule has 2 aliphatic carbocycles. The number of fused-ring (bicyclic) bond motifs is 4. The molecule has 4 aromatic carbocycles. The molecule has 37 heavy (non-hydrogen) atoms. The van der Waals surface area contributed by atoms with Crippen LogP contribution in [0.5, 0.6) is 0 Å². The van der Waals surface area contributed by atoms with Crippen molar-refractivity contribution >= 4 is 44.2 Å². The van der Waals surface area contributed by atoms with E-state index in [9.17, 15) is 0 Å². The second-order valence-electron chi connectivity index (χ2n) is 10.0. The van der Waals surface area contributed by atoms with Crippen molar-refractivity contribution in [1.82, 2.24) is 5.32 Å². The standard InChI is InChI=1S/C33H32N4/c1-3-4-10-17-36-33(2)29-18-21(34)15-16-23(29)26-19-27-28(20-30(26)33)32(37-22-11-6-5-7-12-22)25-14-9-8-13-24(25)31(27)35/h3-14,18-20,36-37H,1,15-17,34-35H2,2H3/b10-4-. The Morgan fingerprint density at radius 1 is 0.919 bits per heavy atom. The first-order valence-electron chi connectivity index (χ1n) is 12.8. The van der Waals surface area contributed by atoms with Crippen LogP contribution in [0.3, 0.4) is 0 Å². The number of rotatable bonds is 6. The molecule has 0 spiro atoms. The lowest BCUT2D eigenvalue weighted by molar-refractivity contribution is 0.469. The molecule has 4 heteroatoms. The summed E-state index contributed by atoms with van der Waals surface area (Å²) in [4.78, 5) is 0. The summed E-state index contributed by atoms with van der Waals surface area (Å²) in [6.07, 6.45) is 9.85. The van der Waals surface area contributed by atoms with Gasteiger partial charge in [0.15, 0.2) is 0 Å². The normalized spacial score (nSPS) is 18.8. The van der Waals surface area contributed by atoms with Gasteiger partial charge in [-0.05, 0) is 72.4 Å². The molecule has 0 amide bonds. The molecule has 0 fully saturated rings. The number of hydrogen-bond acceptors (Lipinski definition) is 4. The monoisotopic (exact) mass is 484 g/mol.